The van der Waals surface area contributed by atoms with E-state index in [0.717, 1.165) is 50.0 Å². The first-order chi connectivity index (χ1) is 28.1. The van der Waals surface area contributed by atoms with E-state index in [1.165, 1.54) is 6.20 Å². The van der Waals surface area contributed by atoms with Crippen molar-refractivity contribution in [3.8, 4) is 28.7 Å². The van der Waals surface area contributed by atoms with Crippen LogP contribution in [0.1, 0.15) is 45.4 Å². The van der Waals surface area contributed by atoms with Gasteiger partial charge >= 0.3 is 5.97 Å². The third-order valence-electron chi connectivity index (χ3n) is 9.52. The number of aliphatic carboxylic acids is 1. The van der Waals surface area contributed by atoms with Gasteiger partial charge < -0.3 is 40.7 Å². The molecule has 0 aliphatic rings. The second-order valence-corrected chi connectivity index (χ2v) is 14.1. The molecule has 0 saturated carbocycles. The Hall–Kier alpha value is -6.14. The van der Waals surface area contributed by atoms with Crippen molar-refractivity contribution in [3.63, 3.8) is 0 Å². The number of nitriles is 1. The lowest BCUT2D eigenvalue weighted by Gasteiger charge is -2.19. The van der Waals surface area contributed by atoms with Gasteiger partial charge in [0, 0.05) is 79.2 Å². The zero-order valence-corrected chi connectivity index (χ0v) is 32.9. The standard InChI is InChI=1S/C44H44ClN7O6/c1-27-33(26-58-41-17-40(57-25-31-13-29(18-46)19-48-21-31)34(15-38(41)45)23-49-24-35(54)16-42(55)56)5-3-6-36(27)37-7-4-8-39(28(37)2)52-44-43-32(9-10-50-44)14-30(22-51-43)20-47-11-12-53/h3-10,13-15,17,19,21-22,35,47,49,53-54H,11-12,16,20,23-26H2,1-2H3,(H,50,52)(H,55,56)/t35-/m0/s1. The third kappa shape index (κ3) is 10.6. The Morgan fingerprint density at radius 2 is 1.67 bits per heavy atom. The number of aliphatic hydroxyl groups excluding tert-OH is 2. The Morgan fingerprint density at radius 1 is 0.879 bits per heavy atom. The number of carboxylic acids is 1. The molecule has 0 unspecified atom stereocenters. The normalized spacial score (nSPS) is 11.6. The molecule has 0 amide bonds. The second-order valence-electron chi connectivity index (χ2n) is 13.7. The molecule has 3 aromatic carbocycles. The van der Waals surface area contributed by atoms with E-state index < -0.39 is 12.1 Å². The summed E-state index contributed by atoms with van der Waals surface area (Å²) >= 11 is 6.77. The zero-order valence-electron chi connectivity index (χ0n) is 32.1. The van der Waals surface area contributed by atoms with Crippen LogP contribution in [0.25, 0.3) is 22.0 Å². The Bertz CT molecular complexity index is 2440. The number of aliphatic hydroxyl groups is 2. The van der Waals surface area contributed by atoms with Crippen molar-refractivity contribution in [3.05, 3.63) is 135 Å². The van der Waals surface area contributed by atoms with E-state index in [1.807, 2.05) is 36.5 Å². The van der Waals surface area contributed by atoms with Crippen molar-refractivity contribution in [2.75, 3.05) is 25.0 Å². The Kier molecular flexibility index (Phi) is 14.2. The number of nitrogens with zero attached hydrogens (tertiary/aromatic N) is 4. The highest BCUT2D eigenvalue weighted by Crippen LogP contribution is 2.37. The van der Waals surface area contributed by atoms with Gasteiger partial charge in [-0.05, 0) is 77.6 Å². The molecule has 298 valence electrons. The van der Waals surface area contributed by atoms with Gasteiger partial charge in [-0.3, -0.25) is 14.8 Å². The van der Waals surface area contributed by atoms with Gasteiger partial charge in [-0.15, -0.1) is 0 Å². The number of halogens is 1. The first kappa shape index (κ1) is 41.5. The summed E-state index contributed by atoms with van der Waals surface area (Å²) in [5.74, 6) is 0.409. The minimum atomic E-state index is -1.09. The van der Waals surface area contributed by atoms with Gasteiger partial charge in [0.25, 0.3) is 0 Å². The Labute approximate surface area is 341 Å². The highest BCUT2D eigenvalue weighted by molar-refractivity contribution is 6.32. The van der Waals surface area contributed by atoms with Crippen molar-refractivity contribution < 1.29 is 29.6 Å². The molecule has 0 radical (unpaired) electrons. The van der Waals surface area contributed by atoms with Gasteiger partial charge in [0.1, 0.15) is 36.3 Å². The predicted octanol–water partition coefficient (Wildman–Crippen LogP) is 6.74. The monoisotopic (exact) mass is 801 g/mol. The van der Waals surface area contributed by atoms with Crippen LogP contribution in [-0.2, 0) is 31.1 Å². The molecule has 0 saturated heterocycles. The van der Waals surface area contributed by atoms with Crippen molar-refractivity contribution in [2.24, 2.45) is 0 Å². The molecule has 0 fully saturated rings. The van der Waals surface area contributed by atoms with Crippen molar-refractivity contribution in [1.29, 1.82) is 5.26 Å². The van der Waals surface area contributed by atoms with E-state index in [-0.39, 0.29) is 39.3 Å². The summed E-state index contributed by atoms with van der Waals surface area (Å²) in [5, 5.41) is 48.5. The van der Waals surface area contributed by atoms with Crippen molar-refractivity contribution >= 4 is 40.0 Å². The molecule has 0 spiro atoms. The minimum absolute atomic E-state index is 0.0488. The molecule has 13 nitrogen and oxygen atoms in total. The van der Waals surface area contributed by atoms with Crippen LogP contribution in [0.5, 0.6) is 11.5 Å². The number of carbonyl (C=O) groups is 1. The molecule has 14 heteroatoms. The number of nitrogens with one attached hydrogen (secondary N) is 3. The molecule has 0 aliphatic heterocycles. The van der Waals surface area contributed by atoms with Crippen LogP contribution in [-0.4, -0.2) is 62.0 Å². The largest absolute Gasteiger partial charge is 0.488 e. The van der Waals surface area contributed by atoms with E-state index in [2.05, 4.69) is 64.0 Å². The number of fused-ring (bicyclic) bond motifs is 1. The number of hydrogen-bond donors (Lipinski definition) is 6. The summed E-state index contributed by atoms with van der Waals surface area (Å²) < 4.78 is 12.5. The fourth-order valence-electron chi connectivity index (χ4n) is 6.48. The van der Waals surface area contributed by atoms with Crippen LogP contribution in [0, 0.1) is 25.2 Å². The Balaban J connectivity index is 1.20. The maximum atomic E-state index is 11.0. The fraction of sp³-hybridized carbons (Fsp3) is 0.250. The van der Waals surface area contributed by atoms with Crippen LogP contribution in [0.3, 0.4) is 0 Å². The third-order valence-corrected chi connectivity index (χ3v) is 9.81. The number of benzene rings is 3. The van der Waals surface area contributed by atoms with Gasteiger partial charge in [0.15, 0.2) is 5.82 Å². The van der Waals surface area contributed by atoms with E-state index in [9.17, 15) is 15.2 Å². The predicted molar refractivity (Wildman–Crippen MR) is 222 cm³/mol. The topological polar surface area (TPSA) is 195 Å². The van der Waals surface area contributed by atoms with Crippen LogP contribution in [0.4, 0.5) is 11.5 Å². The van der Waals surface area contributed by atoms with E-state index in [4.69, 9.17) is 36.3 Å². The van der Waals surface area contributed by atoms with E-state index in [0.29, 0.717) is 52.1 Å². The van der Waals surface area contributed by atoms with Gasteiger partial charge in [-0.1, -0.05) is 41.9 Å². The molecule has 3 aromatic heterocycles. The van der Waals surface area contributed by atoms with Gasteiger partial charge in [-0.2, -0.15) is 5.26 Å². The summed E-state index contributed by atoms with van der Waals surface area (Å²) in [4.78, 5) is 24.4. The molecule has 0 aliphatic carbocycles. The number of rotatable bonds is 19. The lowest BCUT2D eigenvalue weighted by atomic mass is 9.93. The first-order valence-electron chi connectivity index (χ1n) is 18.7. The highest BCUT2D eigenvalue weighted by Gasteiger charge is 2.17. The maximum absolute atomic E-state index is 11.0. The zero-order chi connectivity index (χ0) is 41.0. The lowest BCUT2D eigenvalue weighted by molar-refractivity contribution is -0.139. The van der Waals surface area contributed by atoms with Gasteiger partial charge in [0.05, 0.1) is 29.7 Å². The molecule has 1 atom stereocenters. The van der Waals surface area contributed by atoms with E-state index in [1.54, 1.807) is 30.6 Å². The number of carboxylic acid groups (broad SMARTS) is 1. The lowest BCUT2D eigenvalue weighted by Crippen LogP contribution is -2.28. The molecule has 3 heterocycles. The fourth-order valence-corrected chi connectivity index (χ4v) is 6.72. The van der Waals surface area contributed by atoms with E-state index >= 15 is 0 Å². The van der Waals surface area contributed by atoms with Crippen LogP contribution in [0.2, 0.25) is 5.02 Å². The summed E-state index contributed by atoms with van der Waals surface area (Å²) in [6.45, 7) is 5.93. The molecule has 58 heavy (non-hydrogen) atoms. The van der Waals surface area contributed by atoms with Crippen molar-refractivity contribution in [2.45, 2.75) is 52.7 Å². The molecule has 6 aromatic rings. The highest BCUT2D eigenvalue weighted by atomic mass is 35.5. The summed E-state index contributed by atoms with van der Waals surface area (Å²) in [5.41, 5.74) is 9.54. The minimum Gasteiger partial charge on any atom is -0.488 e. The van der Waals surface area contributed by atoms with Crippen molar-refractivity contribution in [1.82, 2.24) is 25.6 Å². The average molecular weight is 802 g/mol. The first-order valence-corrected chi connectivity index (χ1v) is 19.0. The molecular weight excluding hydrogens is 758 g/mol. The summed E-state index contributed by atoms with van der Waals surface area (Å²) in [6.07, 6.45) is 5.22. The summed E-state index contributed by atoms with van der Waals surface area (Å²) in [6, 6.07) is 23.4. The molecule has 0 bridgehead atoms. The Morgan fingerprint density at radius 3 is 2.47 bits per heavy atom. The quantitative estimate of drug-likeness (QED) is 0.0472. The molecular formula is C44H44ClN7O6. The number of anilines is 2. The number of ether oxygens (including phenoxy) is 2. The average Bonchev–Trinajstić information content (AvgIpc) is 3.21. The number of hydrogen-bond acceptors (Lipinski definition) is 12. The van der Waals surface area contributed by atoms with Crippen LogP contribution < -0.4 is 25.4 Å². The SMILES string of the molecule is Cc1c(COc2cc(OCc3cncc(C#N)c3)c(CNC[C@@H](O)CC(=O)O)cc2Cl)cccc1-c1cccc(Nc2nccc3cc(CNCCO)cnc23)c1C. The maximum Gasteiger partial charge on any atom is 0.306 e. The number of aromatic nitrogens is 3. The summed E-state index contributed by atoms with van der Waals surface area (Å²) in [7, 11) is 0. The van der Waals surface area contributed by atoms with Crippen LogP contribution >= 0.6 is 11.6 Å². The molecule has 6 N–H and O–H groups in total. The van der Waals surface area contributed by atoms with Crippen LogP contribution in [0.15, 0.2) is 91.5 Å². The number of pyridine rings is 3. The second kappa shape index (κ2) is 19.8. The van der Waals surface area contributed by atoms with Gasteiger partial charge in [-0.25, -0.2) is 4.98 Å². The molecule has 6 rings (SSSR count). The smallest absolute Gasteiger partial charge is 0.306 e. The van der Waals surface area contributed by atoms with Gasteiger partial charge in [0.2, 0.25) is 0 Å².